The highest BCUT2D eigenvalue weighted by molar-refractivity contribution is 6.31. The van der Waals surface area contributed by atoms with E-state index in [9.17, 15) is 0 Å². The highest BCUT2D eigenvalue weighted by atomic mass is 35.5. The van der Waals surface area contributed by atoms with Crippen molar-refractivity contribution >= 4 is 11.6 Å². The van der Waals surface area contributed by atoms with Gasteiger partial charge in [0.25, 0.3) is 0 Å². The van der Waals surface area contributed by atoms with E-state index in [0.29, 0.717) is 5.92 Å². The smallest absolute Gasteiger partial charge is 0.0447 e. The number of hydrogen-bond acceptors (Lipinski definition) is 0. The zero-order valence-corrected chi connectivity index (χ0v) is 10.7. The predicted octanol–water partition coefficient (Wildman–Crippen LogP) is 5.19. The van der Waals surface area contributed by atoms with E-state index in [1.54, 1.807) is 0 Å². The number of halogens is 1. The predicted molar refractivity (Wildman–Crippen MR) is 73.6 cm³/mol. The third-order valence-corrected chi connectivity index (χ3v) is 3.70. The highest BCUT2D eigenvalue weighted by Crippen LogP contribution is 2.47. The van der Waals surface area contributed by atoms with Gasteiger partial charge < -0.3 is 0 Å². The fraction of sp³-hybridized carbons (Fsp3) is 0.250. The van der Waals surface area contributed by atoms with Gasteiger partial charge in [0.05, 0.1) is 0 Å². The SMILES string of the molecule is Cc1cccc(-c2cccc(Cl)c2C2CC2)c1. The molecule has 0 saturated heterocycles. The van der Waals surface area contributed by atoms with Gasteiger partial charge in [-0.2, -0.15) is 0 Å². The molecule has 0 aromatic heterocycles. The van der Waals surface area contributed by atoms with Gasteiger partial charge in [-0.05, 0) is 48.4 Å². The Morgan fingerprint density at radius 2 is 1.82 bits per heavy atom. The molecule has 0 aliphatic heterocycles. The molecular weight excluding hydrogens is 228 g/mol. The number of hydrogen-bond donors (Lipinski definition) is 0. The van der Waals surface area contributed by atoms with Crippen molar-refractivity contribution in [3.63, 3.8) is 0 Å². The molecule has 0 spiro atoms. The molecule has 0 N–H and O–H groups in total. The van der Waals surface area contributed by atoms with E-state index < -0.39 is 0 Å². The van der Waals surface area contributed by atoms with Gasteiger partial charge in [0, 0.05) is 5.02 Å². The molecule has 86 valence electrons. The molecule has 17 heavy (non-hydrogen) atoms. The summed E-state index contributed by atoms with van der Waals surface area (Å²) in [4.78, 5) is 0. The van der Waals surface area contributed by atoms with Crippen LogP contribution < -0.4 is 0 Å². The van der Waals surface area contributed by atoms with Crippen molar-refractivity contribution in [1.29, 1.82) is 0 Å². The molecular formula is C16H15Cl. The second kappa shape index (κ2) is 4.19. The van der Waals surface area contributed by atoms with Crippen LogP contribution in [0.25, 0.3) is 11.1 Å². The van der Waals surface area contributed by atoms with Crippen LogP contribution in [0.3, 0.4) is 0 Å². The number of aryl methyl sites for hydroxylation is 1. The third-order valence-electron chi connectivity index (χ3n) is 3.37. The largest absolute Gasteiger partial charge is 0.0840 e. The van der Waals surface area contributed by atoms with Crippen molar-refractivity contribution in [2.24, 2.45) is 0 Å². The summed E-state index contributed by atoms with van der Waals surface area (Å²) in [5.74, 6) is 0.680. The molecule has 2 aromatic carbocycles. The molecule has 1 saturated carbocycles. The van der Waals surface area contributed by atoms with E-state index in [1.807, 2.05) is 12.1 Å². The summed E-state index contributed by atoms with van der Waals surface area (Å²) < 4.78 is 0. The van der Waals surface area contributed by atoms with Gasteiger partial charge in [-0.3, -0.25) is 0 Å². The summed E-state index contributed by atoms with van der Waals surface area (Å²) in [6, 6.07) is 14.9. The fourth-order valence-corrected chi connectivity index (χ4v) is 2.72. The topological polar surface area (TPSA) is 0 Å². The lowest BCUT2D eigenvalue weighted by Gasteiger charge is -2.11. The normalized spacial score (nSPS) is 14.9. The average Bonchev–Trinajstić information content (AvgIpc) is 3.12. The average molecular weight is 243 g/mol. The summed E-state index contributed by atoms with van der Waals surface area (Å²) in [6.45, 7) is 2.13. The molecule has 0 radical (unpaired) electrons. The lowest BCUT2D eigenvalue weighted by Crippen LogP contribution is -1.89. The quantitative estimate of drug-likeness (QED) is 0.680. The number of benzene rings is 2. The highest BCUT2D eigenvalue weighted by Gasteiger charge is 2.28. The first-order valence-corrected chi connectivity index (χ1v) is 6.49. The zero-order chi connectivity index (χ0) is 11.8. The molecule has 2 aromatic rings. The van der Waals surface area contributed by atoms with E-state index in [1.165, 1.54) is 35.1 Å². The van der Waals surface area contributed by atoms with Gasteiger partial charge in [0.1, 0.15) is 0 Å². The maximum absolute atomic E-state index is 6.35. The van der Waals surface area contributed by atoms with Crippen molar-refractivity contribution in [3.05, 3.63) is 58.6 Å². The van der Waals surface area contributed by atoms with Crippen LogP contribution in [0.5, 0.6) is 0 Å². The Balaban J connectivity index is 2.17. The van der Waals surface area contributed by atoms with E-state index in [-0.39, 0.29) is 0 Å². The van der Waals surface area contributed by atoms with Crippen LogP contribution in [-0.4, -0.2) is 0 Å². The van der Waals surface area contributed by atoms with E-state index in [0.717, 1.165) is 5.02 Å². The van der Waals surface area contributed by atoms with Crippen LogP contribution in [-0.2, 0) is 0 Å². The second-order valence-corrected chi connectivity index (χ2v) is 5.25. The van der Waals surface area contributed by atoms with Gasteiger partial charge in [-0.25, -0.2) is 0 Å². The monoisotopic (exact) mass is 242 g/mol. The van der Waals surface area contributed by atoms with Crippen LogP contribution in [0.1, 0.15) is 29.9 Å². The lowest BCUT2D eigenvalue weighted by molar-refractivity contribution is 1.13. The summed E-state index contributed by atoms with van der Waals surface area (Å²) in [6.07, 6.45) is 2.56. The van der Waals surface area contributed by atoms with E-state index in [4.69, 9.17) is 11.6 Å². The van der Waals surface area contributed by atoms with E-state index >= 15 is 0 Å². The van der Waals surface area contributed by atoms with Gasteiger partial charge in [0.2, 0.25) is 0 Å². The minimum absolute atomic E-state index is 0.680. The van der Waals surface area contributed by atoms with Crippen LogP contribution in [0.15, 0.2) is 42.5 Å². The number of rotatable bonds is 2. The van der Waals surface area contributed by atoms with E-state index in [2.05, 4.69) is 37.3 Å². The van der Waals surface area contributed by atoms with Gasteiger partial charge in [-0.1, -0.05) is 53.6 Å². The molecule has 1 fully saturated rings. The molecule has 0 nitrogen and oxygen atoms in total. The maximum Gasteiger partial charge on any atom is 0.0447 e. The Kier molecular flexibility index (Phi) is 2.68. The van der Waals surface area contributed by atoms with Crippen LogP contribution in [0.2, 0.25) is 5.02 Å². The molecule has 0 unspecified atom stereocenters. The Labute approximate surface area is 107 Å². The first-order valence-electron chi connectivity index (χ1n) is 6.11. The Hall–Kier alpha value is -1.27. The first kappa shape index (κ1) is 10.9. The minimum atomic E-state index is 0.680. The van der Waals surface area contributed by atoms with Gasteiger partial charge in [0.15, 0.2) is 0 Å². The standard InChI is InChI=1S/C16H15Cl/c1-11-4-2-5-13(10-11)14-6-3-7-15(17)16(14)12-8-9-12/h2-7,10,12H,8-9H2,1H3. The summed E-state index contributed by atoms with van der Waals surface area (Å²) in [5.41, 5.74) is 5.24. The van der Waals surface area contributed by atoms with Gasteiger partial charge in [-0.15, -0.1) is 0 Å². The second-order valence-electron chi connectivity index (χ2n) is 4.84. The summed E-state index contributed by atoms with van der Waals surface area (Å²) in [5, 5.41) is 0.923. The molecule has 1 aliphatic rings. The van der Waals surface area contributed by atoms with Crippen molar-refractivity contribution in [3.8, 4) is 11.1 Å². The van der Waals surface area contributed by atoms with Crippen molar-refractivity contribution in [2.75, 3.05) is 0 Å². The van der Waals surface area contributed by atoms with Crippen LogP contribution in [0.4, 0.5) is 0 Å². The van der Waals surface area contributed by atoms with Crippen molar-refractivity contribution in [1.82, 2.24) is 0 Å². The molecule has 0 bridgehead atoms. The molecule has 0 atom stereocenters. The molecule has 0 heterocycles. The van der Waals surface area contributed by atoms with Crippen LogP contribution in [0, 0.1) is 6.92 Å². The molecule has 0 amide bonds. The van der Waals surface area contributed by atoms with Crippen molar-refractivity contribution in [2.45, 2.75) is 25.7 Å². The van der Waals surface area contributed by atoms with Gasteiger partial charge >= 0.3 is 0 Å². The van der Waals surface area contributed by atoms with Crippen molar-refractivity contribution < 1.29 is 0 Å². The third kappa shape index (κ3) is 2.10. The first-order chi connectivity index (χ1) is 8.25. The summed E-state index contributed by atoms with van der Waals surface area (Å²) >= 11 is 6.35. The Morgan fingerprint density at radius 3 is 2.53 bits per heavy atom. The minimum Gasteiger partial charge on any atom is -0.0840 e. The zero-order valence-electron chi connectivity index (χ0n) is 9.91. The summed E-state index contributed by atoms with van der Waals surface area (Å²) in [7, 11) is 0. The Morgan fingerprint density at radius 1 is 1.06 bits per heavy atom. The molecule has 1 aliphatic carbocycles. The van der Waals surface area contributed by atoms with Crippen LogP contribution >= 0.6 is 11.6 Å². The Bertz CT molecular complexity index is 553. The maximum atomic E-state index is 6.35. The fourth-order valence-electron chi connectivity index (χ4n) is 2.39. The molecule has 1 heteroatoms. The lowest BCUT2D eigenvalue weighted by atomic mass is 9.96. The molecule has 3 rings (SSSR count).